The van der Waals surface area contributed by atoms with Crippen molar-refractivity contribution in [3.8, 4) is 0 Å². The normalized spacial score (nSPS) is 19.5. The Bertz CT molecular complexity index is 678. The number of anilines is 1. The maximum Gasteiger partial charge on any atom is 0.126 e. The summed E-state index contributed by atoms with van der Waals surface area (Å²) < 4.78 is 0. The first-order valence-electron chi connectivity index (χ1n) is 8.38. The van der Waals surface area contributed by atoms with Crippen LogP contribution in [-0.2, 0) is 0 Å². The van der Waals surface area contributed by atoms with E-state index < -0.39 is 0 Å². The molecule has 1 atom stereocenters. The fourth-order valence-corrected chi connectivity index (χ4v) is 3.41. The van der Waals surface area contributed by atoms with Crippen LogP contribution in [0.4, 0.5) is 5.82 Å². The zero-order valence-corrected chi connectivity index (χ0v) is 14.2. The van der Waals surface area contributed by atoms with Gasteiger partial charge in [-0.2, -0.15) is 0 Å². The van der Waals surface area contributed by atoms with E-state index in [4.69, 9.17) is 4.98 Å². The number of hydrogen-bond acceptors (Lipinski definition) is 3. The molecule has 0 radical (unpaired) electrons. The third kappa shape index (κ3) is 2.95. The highest BCUT2D eigenvalue weighted by Crippen LogP contribution is 2.25. The molecule has 1 saturated heterocycles. The number of hydrogen-bond donors (Lipinski definition) is 1. The number of rotatable bonds is 3. The molecule has 3 heteroatoms. The van der Waals surface area contributed by atoms with E-state index in [1.165, 1.54) is 47.9 Å². The lowest BCUT2D eigenvalue weighted by atomic mass is 10.0. The van der Waals surface area contributed by atoms with Crippen LogP contribution in [0, 0.1) is 20.8 Å². The quantitative estimate of drug-likeness (QED) is 0.926. The topological polar surface area (TPSA) is 28.2 Å². The van der Waals surface area contributed by atoms with E-state index in [0.29, 0.717) is 6.04 Å². The molecule has 22 heavy (non-hydrogen) atoms. The highest BCUT2D eigenvalue weighted by molar-refractivity contribution is 5.87. The van der Waals surface area contributed by atoms with Crippen LogP contribution in [0.3, 0.4) is 0 Å². The molecule has 2 heterocycles. The Morgan fingerprint density at radius 3 is 2.77 bits per heavy atom. The third-order valence-corrected chi connectivity index (χ3v) is 5.15. The van der Waals surface area contributed by atoms with Crippen molar-refractivity contribution in [2.45, 2.75) is 46.1 Å². The summed E-state index contributed by atoms with van der Waals surface area (Å²) in [6.45, 7) is 8.70. The van der Waals surface area contributed by atoms with E-state index in [1.807, 2.05) is 0 Å². The molecular formula is C19H27N3. The lowest BCUT2D eigenvalue weighted by Crippen LogP contribution is -2.40. The van der Waals surface area contributed by atoms with Gasteiger partial charge in [-0.1, -0.05) is 18.6 Å². The molecule has 118 valence electrons. The second-order valence-corrected chi connectivity index (χ2v) is 6.74. The van der Waals surface area contributed by atoms with Gasteiger partial charge in [-0.15, -0.1) is 0 Å². The lowest BCUT2D eigenvalue weighted by Gasteiger charge is -2.32. The zero-order chi connectivity index (χ0) is 15.7. The number of likely N-dealkylation sites (N-methyl/N-ethyl adjacent to an activating group) is 1. The second-order valence-electron chi connectivity index (χ2n) is 6.74. The number of nitrogens with zero attached hydrogens (tertiary/aromatic N) is 2. The number of benzene rings is 1. The van der Waals surface area contributed by atoms with Gasteiger partial charge < -0.3 is 10.2 Å². The lowest BCUT2D eigenvalue weighted by molar-refractivity contribution is 0.194. The van der Waals surface area contributed by atoms with E-state index in [0.717, 1.165) is 17.9 Å². The van der Waals surface area contributed by atoms with E-state index in [9.17, 15) is 0 Å². The van der Waals surface area contributed by atoms with Crippen LogP contribution in [0.25, 0.3) is 10.9 Å². The number of aryl methyl sites for hydroxylation is 3. The van der Waals surface area contributed by atoms with Crippen molar-refractivity contribution in [3.63, 3.8) is 0 Å². The van der Waals surface area contributed by atoms with Crippen molar-refractivity contribution in [3.05, 3.63) is 34.9 Å². The summed E-state index contributed by atoms with van der Waals surface area (Å²) in [5.41, 5.74) is 5.04. The molecule has 1 aromatic heterocycles. The molecule has 0 aliphatic carbocycles. The predicted molar refractivity (Wildman–Crippen MR) is 94.7 cm³/mol. The Morgan fingerprint density at radius 1 is 1.18 bits per heavy atom. The number of aromatic nitrogens is 1. The Labute approximate surface area is 133 Å². The zero-order valence-electron chi connectivity index (χ0n) is 14.2. The minimum absolute atomic E-state index is 0.630. The summed E-state index contributed by atoms with van der Waals surface area (Å²) in [4.78, 5) is 7.35. The molecular weight excluding hydrogens is 270 g/mol. The van der Waals surface area contributed by atoms with Crippen molar-refractivity contribution in [1.82, 2.24) is 9.88 Å². The minimum Gasteiger partial charge on any atom is -0.368 e. The van der Waals surface area contributed by atoms with Crippen LogP contribution in [0.5, 0.6) is 0 Å². The van der Waals surface area contributed by atoms with E-state index >= 15 is 0 Å². The third-order valence-electron chi connectivity index (χ3n) is 5.15. The van der Waals surface area contributed by atoms with Gasteiger partial charge in [-0.05, 0) is 70.0 Å². The van der Waals surface area contributed by atoms with Gasteiger partial charge in [0.15, 0.2) is 0 Å². The van der Waals surface area contributed by atoms with Crippen molar-refractivity contribution < 1.29 is 0 Å². The number of nitrogens with one attached hydrogen (secondary N) is 1. The number of fused-ring (bicyclic) bond motifs is 1. The minimum atomic E-state index is 0.630. The summed E-state index contributed by atoms with van der Waals surface area (Å²) in [6, 6.07) is 7.19. The molecule has 1 aliphatic heterocycles. The summed E-state index contributed by atoms with van der Waals surface area (Å²) in [5.74, 6) is 1.01. The van der Waals surface area contributed by atoms with Gasteiger partial charge >= 0.3 is 0 Å². The van der Waals surface area contributed by atoms with Gasteiger partial charge in [0, 0.05) is 18.0 Å². The highest BCUT2D eigenvalue weighted by Gasteiger charge is 2.18. The van der Waals surface area contributed by atoms with Gasteiger partial charge in [0.05, 0.1) is 5.52 Å². The highest BCUT2D eigenvalue weighted by atomic mass is 15.2. The van der Waals surface area contributed by atoms with Crippen molar-refractivity contribution >= 4 is 16.7 Å². The molecule has 0 saturated carbocycles. The van der Waals surface area contributed by atoms with Crippen LogP contribution in [0.15, 0.2) is 18.2 Å². The number of likely N-dealkylation sites (tertiary alicyclic amines) is 1. The summed E-state index contributed by atoms with van der Waals surface area (Å²) in [6.07, 6.45) is 3.96. The van der Waals surface area contributed by atoms with Gasteiger partial charge in [-0.25, -0.2) is 4.98 Å². The Kier molecular flexibility index (Phi) is 4.34. The average molecular weight is 297 g/mol. The standard InChI is InChI=1S/C19H27N3/c1-13-8-9-17-14(2)11-18(21-19(17)15(13)3)20-12-16-7-5-6-10-22(16)4/h8-9,11,16H,5-7,10,12H2,1-4H3,(H,20,21). The molecule has 1 fully saturated rings. The summed E-state index contributed by atoms with van der Waals surface area (Å²) >= 11 is 0. The van der Waals surface area contributed by atoms with Crippen LogP contribution in [0.2, 0.25) is 0 Å². The van der Waals surface area contributed by atoms with E-state index in [-0.39, 0.29) is 0 Å². The SMILES string of the molecule is Cc1ccc2c(C)cc(NCC3CCCCN3C)nc2c1C. The van der Waals surface area contributed by atoms with Crippen molar-refractivity contribution in [2.75, 3.05) is 25.5 Å². The van der Waals surface area contributed by atoms with Gasteiger partial charge in [0.2, 0.25) is 0 Å². The molecule has 3 nitrogen and oxygen atoms in total. The van der Waals surface area contributed by atoms with Crippen LogP contribution in [-0.4, -0.2) is 36.1 Å². The number of pyridine rings is 1. The van der Waals surface area contributed by atoms with Crippen LogP contribution in [0.1, 0.15) is 36.0 Å². The maximum atomic E-state index is 4.88. The summed E-state index contributed by atoms with van der Waals surface area (Å²) in [5, 5.41) is 4.84. The Hall–Kier alpha value is -1.61. The molecule has 1 unspecified atom stereocenters. The van der Waals surface area contributed by atoms with Crippen LogP contribution >= 0.6 is 0 Å². The molecule has 2 aromatic rings. The Morgan fingerprint density at radius 2 is 2.00 bits per heavy atom. The predicted octanol–water partition coefficient (Wildman–Crippen LogP) is 4.06. The molecule has 1 N–H and O–H groups in total. The van der Waals surface area contributed by atoms with Crippen molar-refractivity contribution in [2.24, 2.45) is 0 Å². The fraction of sp³-hybridized carbons (Fsp3) is 0.526. The molecule has 0 bridgehead atoms. The van der Waals surface area contributed by atoms with Gasteiger partial charge in [-0.3, -0.25) is 0 Å². The Balaban J connectivity index is 1.83. The molecule has 3 rings (SSSR count). The monoisotopic (exact) mass is 297 g/mol. The smallest absolute Gasteiger partial charge is 0.126 e. The molecule has 0 spiro atoms. The van der Waals surface area contributed by atoms with Gasteiger partial charge in [0.25, 0.3) is 0 Å². The fourth-order valence-electron chi connectivity index (χ4n) is 3.41. The first kappa shape index (κ1) is 15.3. The van der Waals surface area contributed by atoms with Crippen molar-refractivity contribution in [1.29, 1.82) is 0 Å². The van der Waals surface area contributed by atoms with Crippen LogP contribution < -0.4 is 5.32 Å². The first-order chi connectivity index (χ1) is 10.6. The molecule has 0 amide bonds. The van der Waals surface area contributed by atoms with Gasteiger partial charge in [0.1, 0.15) is 5.82 Å². The first-order valence-corrected chi connectivity index (χ1v) is 8.38. The number of piperidine rings is 1. The largest absolute Gasteiger partial charge is 0.368 e. The second kappa shape index (κ2) is 6.25. The molecule has 1 aliphatic rings. The average Bonchev–Trinajstić information content (AvgIpc) is 2.50. The summed E-state index contributed by atoms with van der Waals surface area (Å²) in [7, 11) is 2.23. The van der Waals surface area contributed by atoms with E-state index in [2.05, 4.69) is 56.2 Å². The molecule has 1 aromatic carbocycles. The van der Waals surface area contributed by atoms with E-state index in [1.54, 1.807) is 0 Å². The maximum absolute atomic E-state index is 4.88.